The Morgan fingerprint density at radius 3 is 2.05 bits per heavy atom. The smallest absolute Gasteiger partial charge is 0.475 e. The van der Waals surface area contributed by atoms with Gasteiger partial charge < -0.3 is 21.3 Å². The molecule has 0 unspecified atom stereocenters. The van der Waals surface area contributed by atoms with Crippen LogP contribution >= 0.6 is 0 Å². The van der Waals surface area contributed by atoms with E-state index in [4.69, 9.17) is 25.5 Å². The SMILES string of the molecule is Cc1ncc(Cn2cc(CCNCCS(=O)(=O)c3ccccc3)nn2)c(N)n1.O=C(O)C(F)(F)F.O=C(O)C(F)(F)F. The Labute approximate surface area is 234 Å². The van der Waals surface area contributed by atoms with Gasteiger partial charge in [0.25, 0.3) is 0 Å². The number of carboxylic acids is 2. The molecule has 3 rings (SSSR count). The maximum atomic E-state index is 12.2. The molecule has 0 aliphatic carbocycles. The van der Waals surface area contributed by atoms with Gasteiger partial charge >= 0.3 is 24.3 Å². The number of rotatable bonds is 9. The molecule has 1 aromatic carbocycles. The number of benzene rings is 1. The Balaban J connectivity index is 0.000000522. The summed E-state index contributed by atoms with van der Waals surface area (Å²) in [5, 5.41) is 25.6. The van der Waals surface area contributed by atoms with E-state index in [1.54, 1.807) is 48.1 Å². The number of anilines is 1. The number of hydrogen-bond donors (Lipinski definition) is 4. The molecule has 0 saturated heterocycles. The van der Waals surface area contributed by atoms with Gasteiger partial charge in [-0.2, -0.15) is 26.3 Å². The predicted octanol–water partition coefficient (Wildman–Crippen LogP) is 1.88. The molecule has 0 atom stereocenters. The van der Waals surface area contributed by atoms with Gasteiger partial charge in [0, 0.05) is 37.5 Å². The van der Waals surface area contributed by atoms with Gasteiger partial charge in [0.1, 0.15) is 11.6 Å². The quantitative estimate of drug-likeness (QED) is 0.198. The van der Waals surface area contributed by atoms with E-state index in [1.807, 2.05) is 6.20 Å². The molecule has 0 fully saturated rings. The van der Waals surface area contributed by atoms with Gasteiger partial charge in [-0.1, -0.05) is 23.4 Å². The van der Waals surface area contributed by atoms with Crippen LogP contribution in [0.2, 0.25) is 0 Å². The zero-order valence-corrected chi connectivity index (χ0v) is 22.4. The number of alkyl halides is 6. The number of aryl methyl sites for hydroxylation is 1. The fraction of sp³-hybridized carbons (Fsp3) is 0.364. The zero-order chi connectivity index (χ0) is 32.1. The summed E-state index contributed by atoms with van der Waals surface area (Å²) in [6, 6.07) is 8.46. The molecular formula is C22H25F6N7O6S. The maximum Gasteiger partial charge on any atom is 0.490 e. The van der Waals surface area contributed by atoms with Crippen molar-refractivity contribution in [3.8, 4) is 0 Å². The van der Waals surface area contributed by atoms with Crippen LogP contribution in [0.5, 0.6) is 0 Å². The number of hydrogen-bond acceptors (Lipinski definition) is 10. The van der Waals surface area contributed by atoms with E-state index in [0.717, 1.165) is 11.3 Å². The first kappa shape index (κ1) is 35.7. The third-order valence-corrected chi connectivity index (χ3v) is 6.36. The number of carboxylic acid groups (broad SMARTS) is 2. The van der Waals surface area contributed by atoms with Gasteiger partial charge in [-0.25, -0.2) is 32.7 Å². The average molecular weight is 630 g/mol. The Morgan fingerprint density at radius 1 is 1.00 bits per heavy atom. The summed E-state index contributed by atoms with van der Waals surface area (Å²) in [5.74, 6) is -4.40. The molecule has 2 heterocycles. The highest BCUT2D eigenvalue weighted by atomic mass is 32.2. The number of nitrogens with two attached hydrogens (primary N) is 1. The second-order valence-corrected chi connectivity index (χ2v) is 10.1. The van der Waals surface area contributed by atoms with E-state index >= 15 is 0 Å². The van der Waals surface area contributed by atoms with Crippen molar-refractivity contribution in [1.29, 1.82) is 0 Å². The van der Waals surface area contributed by atoms with Gasteiger partial charge in [0.05, 0.1) is 22.9 Å². The minimum absolute atomic E-state index is 0.0520. The van der Waals surface area contributed by atoms with Gasteiger partial charge in [-0.15, -0.1) is 5.10 Å². The van der Waals surface area contributed by atoms with Crippen LogP contribution in [0.4, 0.5) is 32.2 Å². The van der Waals surface area contributed by atoms with Gasteiger partial charge in [-0.05, 0) is 19.1 Å². The summed E-state index contributed by atoms with van der Waals surface area (Å²) < 4.78 is 89.6. The molecule has 2 aromatic heterocycles. The molecule has 0 saturated carbocycles. The molecule has 3 aromatic rings. The first-order valence-electron chi connectivity index (χ1n) is 11.4. The van der Waals surface area contributed by atoms with Crippen LogP contribution in [0.15, 0.2) is 47.6 Å². The number of nitrogens with one attached hydrogen (secondary N) is 1. The van der Waals surface area contributed by atoms with E-state index in [-0.39, 0.29) is 5.75 Å². The summed E-state index contributed by atoms with van der Waals surface area (Å²) in [4.78, 5) is 26.4. The Hall–Kier alpha value is -4.33. The number of halogens is 6. The topological polar surface area (TPSA) is 203 Å². The molecule has 20 heteroatoms. The Kier molecular flexibility index (Phi) is 13.3. The van der Waals surface area contributed by atoms with E-state index in [0.29, 0.717) is 42.6 Å². The second-order valence-electron chi connectivity index (χ2n) is 7.97. The summed E-state index contributed by atoms with van der Waals surface area (Å²) in [6.07, 6.45) is -6.00. The molecule has 0 spiro atoms. The fourth-order valence-electron chi connectivity index (χ4n) is 2.63. The van der Waals surface area contributed by atoms with Crippen LogP contribution in [0.1, 0.15) is 17.1 Å². The van der Waals surface area contributed by atoms with Crippen molar-refractivity contribution in [2.24, 2.45) is 0 Å². The molecular weight excluding hydrogens is 604 g/mol. The van der Waals surface area contributed by atoms with E-state index in [9.17, 15) is 34.8 Å². The van der Waals surface area contributed by atoms with Crippen LogP contribution in [-0.4, -0.2) is 86.7 Å². The maximum absolute atomic E-state index is 12.2. The van der Waals surface area contributed by atoms with Crippen molar-refractivity contribution >= 4 is 27.6 Å². The first-order valence-corrected chi connectivity index (χ1v) is 13.0. The van der Waals surface area contributed by atoms with E-state index in [2.05, 4.69) is 25.6 Å². The third-order valence-electron chi connectivity index (χ3n) is 4.63. The van der Waals surface area contributed by atoms with Crippen LogP contribution in [0.25, 0.3) is 0 Å². The number of sulfone groups is 1. The lowest BCUT2D eigenvalue weighted by atomic mass is 10.3. The van der Waals surface area contributed by atoms with Gasteiger partial charge in [0.15, 0.2) is 9.84 Å². The van der Waals surface area contributed by atoms with E-state index in [1.165, 1.54) is 0 Å². The number of nitrogen functional groups attached to an aromatic ring is 1. The normalized spacial score (nSPS) is 11.5. The highest BCUT2D eigenvalue weighted by molar-refractivity contribution is 7.91. The molecule has 5 N–H and O–H groups in total. The monoisotopic (exact) mass is 629 g/mol. The molecule has 0 radical (unpaired) electrons. The largest absolute Gasteiger partial charge is 0.490 e. The summed E-state index contributed by atoms with van der Waals surface area (Å²) >= 11 is 0. The van der Waals surface area contributed by atoms with Crippen molar-refractivity contribution in [2.45, 2.75) is 37.1 Å². The predicted molar refractivity (Wildman–Crippen MR) is 133 cm³/mol. The minimum Gasteiger partial charge on any atom is -0.475 e. The molecule has 232 valence electrons. The zero-order valence-electron chi connectivity index (χ0n) is 21.6. The number of carbonyl (C=O) groups is 2. The fourth-order valence-corrected chi connectivity index (χ4v) is 3.85. The van der Waals surface area contributed by atoms with Crippen LogP contribution in [0, 0.1) is 6.92 Å². The number of aromatic nitrogens is 5. The molecule has 0 amide bonds. The second kappa shape index (κ2) is 15.6. The first-order chi connectivity index (χ1) is 19.3. The number of aliphatic carboxylic acids is 2. The van der Waals surface area contributed by atoms with Gasteiger partial charge in [0.2, 0.25) is 0 Å². The van der Waals surface area contributed by atoms with Crippen molar-refractivity contribution in [1.82, 2.24) is 30.3 Å². The van der Waals surface area contributed by atoms with Crippen molar-refractivity contribution in [2.75, 3.05) is 24.6 Å². The summed E-state index contributed by atoms with van der Waals surface area (Å²) in [6.45, 7) is 3.22. The Morgan fingerprint density at radius 2 is 1.55 bits per heavy atom. The van der Waals surface area contributed by atoms with Crippen molar-refractivity contribution in [3.05, 3.63) is 59.8 Å². The van der Waals surface area contributed by atoms with Crippen LogP contribution in [-0.2, 0) is 32.4 Å². The number of nitrogens with zero attached hydrogens (tertiary/aromatic N) is 5. The summed E-state index contributed by atoms with van der Waals surface area (Å²) in [5.41, 5.74) is 7.49. The van der Waals surface area contributed by atoms with Crippen LogP contribution < -0.4 is 11.1 Å². The third kappa shape index (κ3) is 13.4. The lowest BCUT2D eigenvalue weighted by Gasteiger charge is -2.05. The van der Waals surface area contributed by atoms with Gasteiger partial charge in [-0.3, -0.25) is 0 Å². The lowest BCUT2D eigenvalue weighted by Crippen LogP contribution is -2.25. The van der Waals surface area contributed by atoms with Crippen molar-refractivity contribution in [3.63, 3.8) is 0 Å². The lowest BCUT2D eigenvalue weighted by molar-refractivity contribution is -0.193. The molecule has 13 nitrogen and oxygen atoms in total. The summed E-state index contributed by atoms with van der Waals surface area (Å²) in [7, 11) is -3.26. The van der Waals surface area contributed by atoms with Crippen LogP contribution in [0.3, 0.4) is 0 Å². The molecule has 0 aliphatic rings. The highest BCUT2D eigenvalue weighted by Crippen LogP contribution is 2.14. The van der Waals surface area contributed by atoms with Crippen molar-refractivity contribution < 1.29 is 54.6 Å². The Bertz CT molecular complexity index is 1390. The highest BCUT2D eigenvalue weighted by Gasteiger charge is 2.38. The minimum atomic E-state index is -5.08. The molecule has 0 bridgehead atoms. The molecule has 42 heavy (non-hydrogen) atoms. The molecule has 0 aliphatic heterocycles. The average Bonchev–Trinajstić information content (AvgIpc) is 3.33. The van der Waals surface area contributed by atoms with E-state index < -0.39 is 34.1 Å². The standard InChI is InChI=1S/C18H23N7O2S.2C2HF3O2/c1-14-21-11-15(18(19)22-14)12-25-13-16(23-24-25)7-8-20-9-10-28(26,27)17-5-3-2-4-6-17;2*3-2(4,5)1(6)7/h2-6,11,13,20H,7-10,12H2,1H3,(H2,19,21,22);2*(H,6,7).